The molecule has 0 saturated heterocycles. The van der Waals surface area contributed by atoms with Crippen LogP contribution >= 0.6 is 0 Å². The molecule has 0 aliphatic carbocycles. The fraction of sp³-hybridized carbons (Fsp3) is 0. The van der Waals surface area contributed by atoms with Gasteiger partial charge < -0.3 is 4.90 Å². The number of hydrogen-bond donors (Lipinski definition) is 0. The van der Waals surface area contributed by atoms with Crippen molar-refractivity contribution < 1.29 is 0 Å². The first-order valence-electron chi connectivity index (χ1n) is 18.7. The summed E-state index contributed by atoms with van der Waals surface area (Å²) in [5, 5.41) is 5.77. The topological polar surface area (TPSA) is 29.0 Å². The number of aromatic nitrogens is 2. The lowest BCUT2D eigenvalue weighted by atomic mass is 9.89. The minimum Gasteiger partial charge on any atom is -0.310 e. The molecule has 0 atom stereocenters. The Bertz CT molecular complexity index is 2850. The van der Waals surface area contributed by atoms with E-state index >= 15 is 0 Å². The van der Waals surface area contributed by atoms with Crippen LogP contribution in [-0.4, -0.2) is 9.97 Å². The van der Waals surface area contributed by atoms with E-state index in [0.717, 1.165) is 78.3 Å². The highest BCUT2D eigenvalue weighted by atomic mass is 15.1. The number of fused-ring (bicyclic) bond motifs is 5. The molecule has 0 radical (unpaired) electrons. The molecule has 0 saturated carbocycles. The van der Waals surface area contributed by atoms with Crippen LogP contribution in [0.5, 0.6) is 0 Å². The van der Waals surface area contributed by atoms with Gasteiger partial charge in [-0.3, -0.25) is 0 Å². The zero-order chi connectivity index (χ0) is 36.6. The Balaban J connectivity index is 1.33. The van der Waals surface area contributed by atoms with Crippen molar-refractivity contribution in [2.45, 2.75) is 0 Å². The van der Waals surface area contributed by atoms with Crippen LogP contribution in [0.15, 0.2) is 212 Å². The number of nitrogens with zero attached hydrogens (tertiary/aromatic N) is 3. The molecule has 8 aromatic carbocycles. The second kappa shape index (κ2) is 13.9. The van der Waals surface area contributed by atoms with Crippen LogP contribution in [0.4, 0.5) is 17.1 Å². The first-order chi connectivity index (χ1) is 27.3. The van der Waals surface area contributed by atoms with E-state index in [1.54, 1.807) is 0 Å². The largest absolute Gasteiger partial charge is 0.310 e. The monoisotopic (exact) mass is 701 g/mol. The Kier molecular flexibility index (Phi) is 8.16. The predicted octanol–water partition coefficient (Wildman–Crippen LogP) is 14.1. The second-order valence-electron chi connectivity index (χ2n) is 13.8. The smallest absolute Gasteiger partial charge is 0.0815 e. The van der Waals surface area contributed by atoms with Crippen LogP contribution < -0.4 is 4.90 Å². The van der Waals surface area contributed by atoms with Gasteiger partial charge >= 0.3 is 0 Å². The number of pyridine rings is 2. The van der Waals surface area contributed by atoms with Gasteiger partial charge in [-0.05, 0) is 70.4 Å². The minimum absolute atomic E-state index is 0.925. The molecule has 10 rings (SSSR count). The van der Waals surface area contributed by atoms with Crippen molar-refractivity contribution in [3.05, 3.63) is 212 Å². The van der Waals surface area contributed by atoms with Crippen LogP contribution in [0.3, 0.4) is 0 Å². The summed E-state index contributed by atoms with van der Waals surface area (Å²) in [6.45, 7) is 0. The first-order valence-corrected chi connectivity index (χ1v) is 18.7. The van der Waals surface area contributed by atoms with Gasteiger partial charge in [0.05, 0.1) is 28.3 Å². The van der Waals surface area contributed by atoms with Crippen molar-refractivity contribution in [1.82, 2.24) is 9.97 Å². The van der Waals surface area contributed by atoms with Crippen LogP contribution in [0.2, 0.25) is 0 Å². The van der Waals surface area contributed by atoms with Gasteiger partial charge in [-0.2, -0.15) is 0 Å². The fourth-order valence-corrected chi connectivity index (χ4v) is 7.90. The van der Waals surface area contributed by atoms with Crippen LogP contribution in [0.25, 0.3) is 77.3 Å². The average Bonchev–Trinajstić information content (AvgIpc) is 3.27. The van der Waals surface area contributed by atoms with Gasteiger partial charge in [0.15, 0.2) is 0 Å². The highest BCUT2D eigenvalue weighted by molar-refractivity contribution is 6.27. The molecule has 258 valence electrons. The molecule has 3 heteroatoms. The summed E-state index contributed by atoms with van der Waals surface area (Å²) in [5.41, 5.74) is 12.3. The van der Waals surface area contributed by atoms with Gasteiger partial charge in [-0.1, -0.05) is 164 Å². The van der Waals surface area contributed by atoms with Gasteiger partial charge in [0, 0.05) is 44.2 Å². The third-order valence-corrected chi connectivity index (χ3v) is 10.4. The van der Waals surface area contributed by atoms with Crippen molar-refractivity contribution in [2.75, 3.05) is 4.90 Å². The van der Waals surface area contributed by atoms with Crippen molar-refractivity contribution in [3.8, 4) is 44.9 Å². The number of hydrogen-bond acceptors (Lipinski definition) is 3. The maximum Gasteiger partial charge on any atom is 0.0815 e. The molecule has 0 spiro atoms. The lowest BCUT2D eigenvalue weighted by Crippen LogP contribution is -2.11. The lowest BCUT2D eigenvalue weighted by molar-refractivity contribution is 1.30. The summed E-state index contributed by atoms with van der Waals surface area (Å²) < 4.78 is 0. The molecule has 0 aliphatic heterocycles. The quantitative estimate of drug-likeness (QED) is 0.155. The fourth-order valence-electron chi connectivity index (χ4n) is 7.90. The van der Waals surface area contributed by atoms with E-state index in [1.807, 2.05) is 12.1 Å². The molecule has 0 N–H and O–H groups in total. The van der Waals surface area contributed by atoms with Crippen molar-refractivity contribution in [3.63, 3.8) is 0 Å². The van der Waals surface area contributed by atoms with Gasteiger partial charge in [0.1, 0.15) is 0 Å². The third-order valence-electron chi connectivity index (χ3n) is 10.4. The molecule has 2 heterocycles. The van der Waals surface area contributed by atoms with Crippen LogP contribution in [-0.2, 0) is 0 Å². The number of benzene rings is 8. The van der Waals surface area contributed by atoms with Gasteiger partial charge in [-0.15, -0.1) is 0 Å². The molecule has 0 fully saturated rings. The van der Waals surface area contributed by atoms with Gasteiger partial charge in [0.25, 0.3) is 0 Å². The lowest BCUT2D eigenvalue weighted by Gasteiger charge is -2.29. The van der Waals surface area contributed by atoms with Crippen molar-refractivity contribution in [1.29, 1.82) is 0 Å². The minimum atomic E-state index is 0.925. The van der Waals surface area contributed by atoms with Crippen molar-refractivity contribution >= 4 is 49.5 Å². The van der Waals surface area contributed by atoms with E-state index in [-0.39, 0.29) is 0 Å². The number of rotatable bonds is 7. The Labute approximate surface area is 320 Å². The number of anilines is 3. The van der Waals surface area contributed by atoms with Crippen LogP contribution in [0, 0.1) is 0 Å². The van der Waals surface area contributed by atoms with Crippen molar-refractivity contribution in [2.24, 2.45) is 0 Å². The Morgan fingerprint density at radius 1 is 0.345 bits per heavy atom. The van der Waals surface area contributed by atoms with E-state index < -0.39 is 0 Å². The summed E-state index contributed by atoms with van der Waals surface area (Å²) in [6, 6.07) is 75.0. The normalized spacial score (nSPS) is 11.3. The molecular formula is C52H35N3. The summed E-state index contributed by atoms with van der Waals surface area (Å²) in [4.78, 5) is 13.2. The maximum atomic E-state index is 5.62. The number of para-hydroxylation sites is 3. The molecule has 0 unspecified atom stereocenters. The van der Waals surface area contributed by atoms with E-state index in [4.69, 9.17) is 9.97 Å². The van der Waals surface area contributed by atoms with Crippen LogP contribution in [0.1, 0.15) is 0 Å². The summed E-state index contributed by atoms with van der Waals surface area (Å²) in [5.74, 6) is 0. The van der Waals surface area contributed by atoms with E-state index in [2.05, 4.69) is 205 Å². The van der Waals surface area contributed by atoms with Gasteiger partial charge in [0.2, 0.25) is 0 Å². The van der Waals surface area contributed by atoms with E-state index in [1.165, 1.54) is 16.2 Å². The highest BCUT2D eigenvalue weighted by Crippen LogP contribution is 2.48. The highest BCUT2D eigenvalue weighted by Gasteiger charge is 2.24. The molecule has 55 heavy (non-hydrogen) atoms. The molecule has 0 amide bonds. The molecule has 0 bridgehead atoms. The molecule has 3 nitrogen and oxygen atoms in total. The average molecular weight is 702 g/mol. The zero-order valence-electron chi connectivity index (χ0n) is 30.0. The third kappa shape index (κ3) is 5.89. The Morgan fingerprint density at radius 2 is 0.836 bits per heavy atom. The van der Waals surface area contributed by atoms with Gasteiger partial charge in [-0.25, -0.2) is 9.97 Å². The molecular weight excluding hydrogens is 667 g/mol. The molecule has 0 aliphatic rings. The zero-order valence-corrected chi connectivity index (χ0v) is 30.0. The van der Waals surface area contributed by atoms with E-state index in [0.29, 0.717) is 0 Å². The summed E-state index contributed by atoms with van der Waals surface area (Å²) in [6.07, 6.45) is 0. The Hall–Kier alpha value is -7.36. The Morgan fingerprint density at radius 3 is 1.45 bits per heavy atom. The molecule has 2 aromatic heterocycles. The summed E-state index contributed by atoms with van der Waals surface area (Å²) in [7, 11) is 0. The maximum absolute atomic E-state index is 5.62. The molecule has 10 aromatic rings. The predicted molar refractivity (Wildman–Crippen MR) is 231 cm³/mol. The SMILES string of the molecule is c1ccc(-c2cc(-c3ccccc3-c3nc4ccccc4c4c3c(N(c3ccccc3)c3ccccc3)cc3ccccc34)cc(-c3ccccc3)n2)cc1. The first kappa shape index (κ1) is 32.3. The standard InChI is InChI=1S/C52H35N3/c1-5-19-36(20-6-1)47-33-39(34-48(53-47)37-21-7-2-8-22-37)42-28-15-16-30-44(42)52-51-49(55(40-24-9-3-10-25-40)41-26-11-4-12-27-41)35-38-23-13-14-29-43(38)50(51)45-31-17-18-32-46(45)54-52/h1-35H. The summed E-state index contributed by atoms with van der Waals surface area (Å²) >= 11 is 0. The van der Waals surface area contributed by atoms with E-state index in [9.17, 15) is 0 Å². The second-order valence-corrected chi connectivity index (χ2v) is 13.8.